The molecule has 9 nitrogen and oxygen atoms in total. The zero-order valence-corrected chi connectivity index (χ0v) is 16.5. The molecular formula is C19H28N4O5. The summed E-state index contributed by atoms with van der Waals surface area (Å²) in [4.78, 5) is 47.7. The van der Waals surface area contributed by atoms with Crippen LogP contribution in [0.2, 0.25) is 0 Å². The smallest absolute Gasteiger partial charge is 0.409 e. The molecule has 1 rings (SSSR count). The largest absolute Gasteiger partial charge is 0.445 e. The molecule has 1 aromatic carbocycles. The topological polar surface area (TPSA) is 131 Å². The number of benzene rings is 1. The Morgan fingerprint density at radius 1 is 1.18 bits per heavy atom. The Kier molecular flexibility index (Phi) is 9.49. The van der Waals surface area contributed by atoms with E-state index in [9.17, 15) is 19.2 Å². The molecule has 0 spiro atoms. The fourth-order valence-electron chi connectivity index (χ4n) is 2.36. The van der Waals surface area contributed by atoms with Crippen molar-refractivity contribution in [3.8, 4) is 0 Å². The molecule has 154 valence electrons. The fourth-order valence-corrected chi connectivity index (χ4v) is 2.36. The van der Waals surface area contributed by atoms with Crippen molar-refractivity contribution >= 4 is 29.5 Å². The third kappa shape index (κ3) is 8.52. The molecule has 0 heterocycles. The first kappa shape index (κ1) is 22.9. The zero-order chi connectivity index (χ0) is 21.1. The highest BCUT2D eigenvalue weighted by atomic mass is 16.6. The quantitative estimate of drug-likeness (QED) is 0.559. The Bertz CT molecular complexity index is 690. The molecule has 0 saturated heterocycles. The van der Waals surface area contributed by atoms with Crippen LogP contribution in [0.25, 0.3) is 0 Å². The molecule has 0 radical (unpaired) electrons. The summed E-state index contributed by atoms with van der Waals surface area (Å²) in [5.74, 6) is -1.01. The van der Waals surface area contributed by atoms with Crippen molar-refractivity contribution in [3.05, 3.63) is 29.8 Å². The van der Waals surface area contributed by atoms with E-state index < -0.39 is 18.0 Å². The number of nitrogens with zero attached hydrogens (tertiary/aromatic N) is 1. The minimum absolute atomic E-state index is 0.0747. The van der Waals surface area contributed by atoms with Crippen molar-refractivity contribution in [2.24, 2.45) is 11.7 Å². The van der Waals surface area contributed by atoms with Gasteiger partial charge in [0, 0.05) is 38.2 Å². The number of hydrogen-bond acceptors (Lipinski definition) is 5. The second-order valence-electron chi connectivity index (χ2n) is 6.44. The van der Waals surface area contributed by atoms with Gasteiger partial charge in [-0.05, 0) is 38.0 Å². The first-order valence-corrected chi connectivity index (χ1v) is 9.03. The zero-order valence-electron chi connectivity index (χ0n) is 16.5. The van der Waals surface area contributed by atoms with E-state index in [2.05, 4.69) is 10.6 Å². The molecule has 28 heavy (non-hydrogen) atoms. The van der Waals surface area contributed by atoms with Crippen molar-refractivity contribution in [1.29, 1.82) is 0 Å². The van der Waals surface area contributed by atoms with Gasteiger partial charge < -0.3 is 30.8 Å². The van der Waals surface area contributed by atoms with Gasteiger partial charge >= 0.3 is 12.1 Å². The summed E-state index contributed by atoms with van der Waals surface area (Å²) < 4.78 is 5.16. The van der Waals surface area contributed by atoms with E-state index in [1.165, 1.54) is 11.8 Å². The van der Waals surface area contributed by atoms with Crippen LogP contribution in [0.3, 0.4) is 0 Å². The third-order valence-corrected chi connectivity index (χ3v) is 4.07. The standard InChI is InChI=1S/C19H28N4O5/c1-4-23(3)19(27)28-12-14-5-7-16(8-6-14)22-17(25)15(11-13(2)24)9-10-21-18(20)26/h5-8,15H,4,9-12H2,1-3H3,(H,22,25)(H3,20,21,26)/t15-/m1/s1. The van der Waals surface area contributed by atoms with Gasteiger partial charge in [0.15, 0.2) is 0 Å². The number of ether oxygens (including phenoxy) is 1. The van der Waals surface area contributed by atoms with Gasteiger partial charge in [0.2, 0.25) is 5.91 Å². The number of nitrogens with one attached hydrogen (secondary N) is 2. The molecule has 0 unspecified atom stereocenters. The van der Waals surface area contributed by atoms with Gasteiger partial charge in [0.1, 0.15) is 12.4 Å². The highest BCUT2D eigenvalue weighted by Crippen LogP contribution is 2.15. The van der Waals surface area contributed by atoms with Gasteiger partial charge in [-0.25, -0.2) is 9.59 Å². The predicted octanol–water partition coefficient (Wildman–Crippen LogP) is 1.87. The molecule has 0 fully saturated rings. The van der Waals surface area contributed by atoms with Crippen molar-refractivity contribution in [1.82, 2.24) is 10.2 Å². The molecule has 1 atom stereocenters. The van der Waals surface area contributed by atoms with Crippen LogP contribution in [-0.2, 0) is 20.9 Å². The molecule has 0 bridgehead atoms. The fraction of sp³-hybridized carbons (Fsp3) is 0.474. The first-order chi connectivity index (χ1) is 13.2. The maximum Gasteiger partial charge on any atom is 0.409 e. The molecule has 0 aromatic heterocycles. The summed E-state index contributed by atoms with van der Waals surface area (Å²) in [6, 6.07) is 6.18. The van der Waals surface area contributed by atoms with Gasteiger partial charge in [-0.2, -0.15) is 0 Å². The second kappa shape index (κ2) is 11.6. The lowest BCUT2D eigenvalue weighted by atomic mass is 9.98. The number of ketones is 1. The van der Waals surface area contributed by atoms with Crippen molar-refractivity contribution < 1.29 is 23.9 Å². The SMILES string of the molecule is CCN(C)C(=O)OCc1ccc(NC(=O)[C@H](CCNC(N)=O)CC(C)=O)cc1. The predicted molar refractivity (Wildman–Crippen MR) is 105 cm³/mol. The van der Waals surface area contributed by atoms with Crippen molar-refractivity contribution in [2.45, 2.75) is 33.3 Å². The van der Waals surface area contributed by atoms with Crippen molar-refractivity contribution in [2.75, 3.05) is 25.5 Å². The van der Waals surface area contributed by atoms with E-state index in [1.54, 1.807) is 31.3 Å². The van der Waals surface area contributed by atoms with E-state index in [4.69, 9.17) is 10.5 Å². The number of urea groups is 1. The molecule has 0 saturated carbocycles. The van der Waals surface area contributed by atoms with Gasteiger partial charge in [-0.15, -0.1) is 0 Å². The molecule has 0 aliphatic rings. The molecule has 0 aliphatic heterocycles. The Balaban J connectivity index is 2.61. The maximum atomic E-state index is 12.4. The number of Topliss-reactive ketones (excluding diaryl/α,β-unsaturated/α-hetero) is 1. The van der Waals surface area contributed by atoms with Crippen LogP contribution in [0.15, 0.2) is 24.3 Å². The average Bonchev–Trinajstić information content (AvgIpc) is 2.65. The molecule has 4 N–H and O–H groups in total. The number of nitrogens with two attached hydrogens (primary N) is 1. The van der Waals surface area contributed by atoms with Gasteiger partial charge in [-0.3, -0.25) is 4.79 Å². The second-order valence-corrected chi connectivity index (χ2v) is 6.44. The molecule has 1 aromatic rings. The molecular weight excluding hydrogens is 364 g/mol. The molecule has 0 aliphatic carbocycles. The molecule has 9 heteroatoms. The Labute approximate surface area is 164 Å². The minimum atomic E-state index is -0.677. The van der Waals surface area contributed by atoms with Gasteiger partial charge in [0.25, 0.3) is 0 Å². The Hall–Kier alpha value is -3.10. The summed E-state index contributed by atoms with van der Waals surface area (Å²) in [5.41, 5.74) is 6.35. The van der Waals surface area contributed by atoms with Crippen LogP contribution in [-0.4, -0.2) is 48.9 Å². The summed E-state index contributed by atoms with van der Waals surface area (Å²) in [5, 5.41) is 5.17. The number of hydrogen-bond donors (Lipinski definition) is 3. The monoisotopic (exact) mass is 392 g/mol. The summed E-state index contributed by atoms with van der Waals surface area (Å²) >= 11 is 0. The first-order valence-electron chi connectivity index (χ1n) is 9.03. The van der Waals surface area contributed by atoms with E-state index in [1.807, 2.05) is 6.92 Å². The molecule has 4 amide bonds. The van der Waals surface area contributed by atoms with Gasteiger partial charge in [-0.1, -0.05) is 12.1 Å². The summed E-state index contributed by atoms with van der Waals surface area (Å²) in [7, 11) is 1.65. The van der Waals surface area contributed by atoms with Crippen LogP contribution in [0.5, 0.6) is 0 Å². The number of anilines is 1. The van der Waals surface area contributed by atoms with E-state index in [0.29, 0.717) is 18.7 Å². The minimum Gasteiger partial charge on any atom is -0.445 e. The summed E-state index contributed by atoms with van der Waals surface area (Å²) in [6.45, 7) is 4.15. The van der Waals surface area contributed by atoms with Crippen LogP contribution < -0.4 is 16.4 Å². The Morgan fingerprint density at radius 3 is 2.36 bits per heavy atom. The average molecular weight is 392 g/mol. The van der Waals surface area contributed by atoms with Crippen LogP contribution in [0.4, 0.5) is 15.3 Å². The van der Waals surface area contributed by atoms with Crippen LogP contribution >= 0.6 is 0 Å². The number of amides is 4. The number of rotatable bonds is 10. The van der Waals surface area contributed by atoms with Crippen molar-refractivity contribution in [3.63, 3.8) is 0 Å². The van der Waals surface area contributed by atoms with Crippen LogP contribution in [0, 0.1) is 5.92 Å². The highest BCUT2D eigenvalue weighted by Gasteiger charge is 2.20. The Morgan fingerprint density at radius 2 is 1.82 bits per heavy atom. The normalized spacial score (nSPS) is 11.2. The van der Waals surface area contributed by atoms with E-state index in [-0.39, 0.29) is 31.3 Å². The van der Waals surface area contributed by atoms with E-state index in [0.717, 1.165) is 5.56 Å². The third-order valence-electron chi connectivity index (χ3n) is 4.07. The lowest BCUT2D eigenvalue weighted by Gasteiger charge is -2.16. The lowest BCUT2D eigenvalue weighted by Crippen LogP contribution is -2.33. The maximum absolute atomic E-state index is 12.4. The van der Waals surface area contributed by atoms with E-state index >= 15 is 0 Å². The van der Waals surface area contributed by atoms with Crippen LogP contribution in [0.1, 0.15) is 32.3 Å². The lowest BCUT2D eigenvalue weighted by molar-refractivity contribution is -0.125. The highest BCUT2D eigenvalue weighted by molar-refractivity contribution is 5.95. The number of carbonyl (C=O) groups is 4. The number of carbonyl (C=O) groups excluding carboxylic acids is 4. The summed E-state index contributed by atoms with van der Waals surface area (Å²) in [6.07, 6.45) is -0.0324. The van der Waals surface area contributed by atoms with Gasteiger partial charge in [0.05, 0.1) is 0 Å². The number of primary amides is 1.